The lowest BCUT2D eigenvalue weighted by atomic mass is 9.86. The third-order valence-electron chi connectivity index (χ3n) is 6.19. The van der Waals surface area contributed by atoms with Crippen LogP contribution in [0.15, 0.2) is 72.8 Å². The summed E-state index contributed by atoms with van der Waals surface area (Å²) in [7, 11) is 0. The Bertz CT molecular complexity index is 1130. The normalized spacial score (nSPS) is 11.9. The van der Waals surface area contributed by atoms with Gasteiger partial charge in [0.05, 0.1) is 22.1 Å². The molecule has 0 saturated carbocycles. The molecule has 1 atom stereocenters. The molecule has 188 valence electrons. The molecule has 0 amide bonds. The van der Waals surface area contributed by atoms with E-state index >= 15 is 0 Å². The number of carbonyl (C=O) groups is 3. The lowest BCUT2D eigenvalue weighted by Gasteiger charge is -2.34. The maximum absolute atomic E-state index is 12.8. The van der Waals surface area contributed by atoms with E-state index < -0.39 is 29.4 Å². The third kappa shape index (κ3) is 7.04. The van der Waals surface area contributed by atoms with Crippen LogP contribution in [0.4, 0.5) is 0 Å². The second kappa shape index (κ2) is 11.7. The SMILES string of the molecule is Cc1ccc(C(=O)OCC(C)(COC(=O)c2ccc(C)cc2)C(C)OC(=O)c2ccc(C)cc2)cc1. The summed E-state index contributed by atoms with van der Waals surface area (Å²) in [6, 6.07) is 21.1. The molecule has 36 heavy (non-hydrogen) atoms. The first kappa shape index (κ1) is 26.7. The Kier molecular flexibility index (Phi) is 8.64. The molecule has 0 radical (unpaired) electrons. The molecule has 3 aromatic carbocycles. The van der Waals surface area contributed by atoms with Crippen molar-refractivity contribution >= 4 is 17.9 Å². The van der Waals surface area contributed by atoms with Gasteiger partial charge in [0.15, 0.2) is 0 Å². The van der Waals surface area contributed by atoms with Crippen LogP contribution in [0.1, 0.15) is 61.6 Å². The number of hydrogen-bond acceptors (Lipinski definition) is 6. The average molecular weight is 489 g/mol. The molecule has 0 N–H and O–H groups in total. The van der Waals surface area contributed by atoms with Gasteiger partial charge in [0, 0.05) is 0 Å². The van der Waals surface area contributed by atoms with E-state index in [1.807, 2.05) is 57.2 Å². The molecule has 6 heteroatoms. The van der Waals surface area contributed by atoms with Gasteiger partial charge in [-0.3, -0.25) is 0 Å². The van der Waals surface area contributed by atoms with Crippen molar-refractivity contribution in [2.24, 2.45) is 5.41 Å². The lowest BCUT2D eigenvalue weighted by Crippen LogP contribution is -2.43. The van der Waals surface area contributed by atoms with Crippen molar-refractivity contribution in [1.82, 2.24) is 0 Å². The fraction of sp³-hybridized carbons (Fsp3) is 0.300. The van der Waals surface area contributed by atoms with E-state index in [1.54, 1.807) is 50.2 Å². The van der Waals surface area contributed by atoms with Crippen LogP contribution in [0.3, 0.4) is 0 Å². The highest BCUT2D eigenvalue weighted by atomic mass is 16.6. The van der Waals surface area contributed by atoms with E-state index in [9.17, 15) is 14.4 Å². The van der Waals surface area contributed by atoms with Gasteiger partial charge in [0.1, 0.15) is 19.3 Å². The predicted molar refractivity (Wildman–Crippen MR) is 137 cm³/mol. The highest BCUT2D eigenvalue weighted by Crippen LogP contribution is 2.27. The van der Waals surface area contributed by atoms with Crippen molar-refractivity contribution in [3.8, 4) is 0 Å². The number of esters is 3. The zero-order valence-electron chi connectivity index (χ0n) is 21.4. The second-order valence-electron chi connectivity index (χ2n) is 9.45. The molecule has 0 aliphatic carbocycles. The summed E-state index contributed by atoms with van der Waals surface area (Å²) < 4.78 is 16.9. The molecular weight excluding hydrogens is 456 g/mol. The molecule has 3 rings (SSSR count). The van der Waals surface area contributed by atoms with Crippen molar-refractivity contribution in [3.05, 3.63) is 106 Å². The minimum absolute atomic E-state index is 0.122. The van der Waals surface area contributed by atoms with Gasteiger partial charge in [-0.15, -0.1) is 0 Å². The molecule has 0 bridgehead atoms. The number of benzene rings is 3. The molecule has 0 saturated heterocycles. The van der Waals surface area contributed by atoms with Gasteiger partial charge in [0.25, 0.3) is 0 Å². The van der Waals surface area contributed by atoms with Crippen LogP contribution in [-0.2, 0) is 14.2 Å². The maximum atomic E-state index is 12.8. The van der Waals surface area contributed by atoms with Crippen molar-refractivity contribution in [2.45, 2.75) is 40.7 Å². The standard InChI is InChI=1S/C30H32O6/c1-20-6-12-24(13-7-20)27(31)34-18-30(5,19-35-28(32)25-14-8-21(2)9-15-25)23(4)36-29(33)26-16-10-22(3)11-17-26/h6-17,23H,18-19H2,1-5H3. The minimum atomic E-state index is -0.999. The Hall–Kier alpha value is -3.93. The zero-order chi connectivity index (χ0) is 26.3. The molecule has 0 aliphatic rings. The van der Waals surface area contributed by atoms with Crippen LogP contribution in [0.2, 0.25) is 0 Å². The van der Waals surface area contributed by atoms with Gasteiger partial charge in [-0.2, -0.15) is 0 Å². The van der Waals surface area contributed by atoms with Crippen molar-refractivity contribution < 1.29 is 28.6 Å². The zero-order valence-corrected chi connectivity index (χ0v) is 21.4. The van der Waals surface area contributed by atoms with Gasteiger partial charge in [-0.1, -0.05) is 53.1 Å². The van der Waals surface area contributed by atoms with Crippen LogP contribution in [-0.4, -0.2) is 37.2 Å². The van der Waals surface area contributed by atoms with Gasteiger partial charge >= 0.3 is 17.9 Å². The average Bonchev–Trinajstić information content (AvgIpc) is 2.87. The van der Waals surface area contributed by atoms with E-state index in [-0.39, 0.29) is 13.2 Å². The predicted octanol–water partition coefficient (Wildman–Crippen LogP) is 5.88. The van der Waals surface area contributed by atoms with E-state index in [4.69, 9.17) is 14.2 Å². The fourth-order valence-corrected chi connectivity index (χ4v) is 3.34. The van der Waals surface area contributed by atoms with Crippen LogP contribution < -0.4 is 0 Å². The topological polar surface area (TPSA) is 78.9 Å². The summed E-state index contributed by atoms with van der Waals surface area (Å²) >= 11 is 0. The van der Waals surface area contributed by atoms with E-state index in [2.05, 4.69) is 0 Å². The first-order valence-corrected chi connectivity index (χ1v) is 11.8. The van der Waals surface area contributed by atoms with E-state index in [0.29, 0.717) is 16.7 Å². The van der Waals surface area contributed by atoms with E-state index in [0.717, 1.165) is 16.7 Å². The van der Waals surface area contributed by atoms with Gasteiger partial charge in [-0.05, 0) is 71.0 Å². The fourth-order valence-electron chi connectivity index (χ4n) is 3.34. The number of aryl methyl sites for hydroxylation is 3. The first-order chi connectivity index (χ1) is 17.1. The molecule has 0 fully saturated rings. The summed E-state index contributed by atoms with van der Waals surface area (Å²) in [6.45, 7) is 9.00. The highest BCUT2D eigenvalue weighted by molar-refractivity contribution is 5.90. The Morgan fingerprint density at radius 2 is 0.917 bits per heavy atom. The van der Waals surface area contributed by atoms with Crippen molar-refractivity contribution in [1.29, 1.82) is 0 Å². The molecule has 0 aromatic heterocycles. The van der Waals surface area contributed by atoms with Crippen LogP contribution >= 0.6 is 0 Å². The van der Waals surface area contributed by atoms with Crippen LogP contribution in [0.5, 0.6) is 0 Å². The molecule has 6 nitrogen and oxygen atoms in total. The van der Waals surface area contributed by atoms with Crippen LogP contribution in [0.25, 0.3) is 0 Å². The molecule has 0 aliphatic heterocycles. The van der Waals surface area contributed by atoms with Crippen LogP contribution in [0, 0.1) is 26.2 Å². The number of carbonyl (C=O) groups excluding carboxylic acids is 3. The van der Waals surface area contributed by atoms with Crippen molar-refractivity contribution in [3.63, 3.8) is 0 Å². The number of ether oxygens (including phenoxy) is 3. The van der Waals surface area contributed by atoms with E-state index in [1.165, 1.54) is 0 Å². The Morgan fingerprint density at radius 1 is 0.611 bits per heavy atom. The largest absolute Gasteiger partial charge is 0.461 e. The third-order valence-corrected chi connectivity index (χ3v) is 6.19. The Morgan fingerprint density at radius 3 is 1.25 bits per heavy atom. The first-order valence-electron chi connectivity index (χ1n) is 11.8. The highest BCUT2D eigenvalue weighted by Gasteiger charge is 2.38. The van der Waals surface area contributed by atoms with Crippen molar-refractivity contribution in [2.75, 3.05) is 13.2 Å². The molecule has 3 aromatic rings. The number of rotatable bonds is 9. The summed E-state index contributed by atoms with van der Waals surface area (Å²) in [5, 5.41) is 0. The monoisotopic (exact) mass is 488 g/mol. The minimum Gasteiger partial charge on any atom is -0.461 e. The van der Waals surface area contributed by atoms with Gasteiger partial charge in [-0.25, -0.2) is 14.4 Å². The summed E-state index contributed by atoms with van der Waals surface area (Å²) in [5.41, 5.74) is 3.29. The summed E-state index contributed by atoms with van der Waals surface area (Å²) in [6.07, 6.45) is -0.733. The van der Waals surface area contributed by atoms with Gasteiger partial charge in [0.2, 0.25) is 0 Å². The molecular formula is C30H32O6. The second-order valence-corrected chi connectivity index (χ2v) is 9.45. The lowest BCUT2D eigenvalue weighted by molar-refractivity contribution is -0.0616. The molecule has 0 heterocycles. The Balaban J connectivity index is 1.74. The molecule has 1 unspecified atom stereocenters. The summed E-state index contributed by atoms with van der Waals surface area (Å²) in [4.78, 5) is 38.1. The smallest absolute Gasteiger partial charge is 0.338 e. The number of hydrogen-bond donors (Lipinski definition) is 0. The quantitative estimate of drug-likeness (QED) is 0.277. The van der Waals surface area contributed by atoms with Gasteiger partial charge < -0.3 is 14.2 Å². The summed E-state index contributed by atoms with van der Waals surface area (Å²) in [5.74, 6) is -1.53. The maximum Gasteiger partial charge on any atom is 0.338 e. The molecule has 0 spiro atoms. The Labute approximate surface area is 212 Å².